The van der Waals surface area contributed by atoms with Crippen molar-refractivity contribution in [2.24, 2.45) is 0 Å². The average molecular weight is 284 g/mol. The standard InChI is InChI=1S/C13H8ClF2NO2/c14-10-5-8(15)6-11(16)12(10)17-13(19)7-1-3-9(18)4-2-7/h1-6,18H,(H,17,19). The molecule has 0 bridgehead atoms. The van der Waals surface area contributed by atoms with Crippen molar-refractivity contribution in [2.45, 2.75) is 0 Å². The van der Waals surface area contributed by atoms with E-state index in [4.69, 9.17) is 16.7 Å². The fourth-order valence-corrected chi connectivity index (χ4v) is 1.70. The van der Waals surface area contributed by atoms with Crippen LogP contribution >= 0.6 is 11.6 Å². The number of anilines is 1. The van der Waals surface area contributed by atoms with Crippen molar-refractivity contribution >= 4 is 23.2 Å². The molecule has 2 aromatic carbocycles. The highest BCUT2D eigenvalue weighted by Crippen LogP contribution is 2.27. The van der Waals surface area contributed by atoms with Crippen LogP contribution in [0.15, 0.2) is 36.4 Å². The number of hydrogen-bond acceptors (Lipinski definition) is 2. The monoisotopic (exact) mass is 283 g/mol. The second kappa shape index (κ2) is 5.24. The zero-order valence-corrected chi connectivity index (χ0v) is 10.2. The lowest BCUT2D eigenvalue weighted by atomic mass is 10.2. The summed E-state index contributed by atoms with van der Waals surface area (Å²) in [5.41, 5.74) is -0.0845. The van der Waals surface area contributed by atoms with Gasteiger partial charge in [0.25, 0.3) is 5.91 Å². The first-order chi connectivity index (χ1) is 8.97. The first-order valence-electron chi connectivity index (χ1n) is 5.22. The van der Waals surface area contributed by atoms with E-state index in [0.29, 0.717) is 6.07 Å². The predicted octanol–water partition coefficient (Wildman–Crippen LogP) is 3.58. The number of halogens is 3. The lowest BCUT2D eigenvalue weighted by Crippen LogP contribution is -2.13. The predicted molar refractivity (Wildman–Crippen MR) is 67.4 cm³/mol. The molecule has 0 saturated carbocycles. The number of benzene rings is 2. The molecule has 0 aliphatic carbocycles. The van der Waals surface area contributed by atoms with Gasteiger partial charge in [0, 0.05) is 11.6 Å². The summed E-state index contributed by atoms with van der Waals surface area (Å²) in [6.45, 7) is 0. The molecule has 1 amide bonds. The zero-order valence-electron chi connectivity index (χ0n) is 9.45. The zero-order chi connectivity index (χ0) is 14.0. The van der Waals surface area contributed by atoms with Gasteiger partial charge in [0.1, 0.15) is 11.6 Å². The molecule has 19 heavy (non-hydrogen) atoms. The molecule has 0 fully saturated rings. The lowest BCUT2D eigenvalue weighted by Gasteiger charge is -2.08. The van der Waals surface area contributed by atoms with E-state index in [2.05, 4.69) is 5.32 Å². The minimum absolute atomic E-state index is 0.00236. The number of phenols is 1. The number of phenolic OH excluding ortho intramolecular Hbond substituents is 1. The van der Waals surface area contributed by atoms with E-state index < -0.39 is 17.5 Å². The van der Waals surface area contributed by atoms with Gasteiger partial charge in [-0.2, -0.15) is 0 Å². The number of aromatic hydroxyl groups is 1. The molecule has 2 rings (SSSR count). The van der Waals surface area contributed by atoms with Gasteiger partial charge >= 0.3 is 0 Å². The number of carbonyl (C=O) groups excluding carboxylic acids is 1. The molecule has 0 saturated heterocycles. The Hall–Kier alpha value is -2.14. The molecule has 2 aromatic rings. The highest BCUT2D eigenvalue weighted by molar-refractivity contribution is 6.34. The molecule has 0 aromatic heterocycles. The Labute approximate surface area is 112 Å². The summed E-state index contributed by atoms with van der Waals surface area (Å²) >= 11 is 5.66. The Bertz CT molecular complexity index is 606. The van der Waals surface area contributed by atoms with Crippen LogP contribution in [0.3, 0.4) is 0 Å². The molecular weight excluding hydrogens is 276 g/mol. The van der Waals surface area contributed by atoms with Gasteiger partial charge in [-0.3, -0.25) is 4.79 Å². The molecule has 0 aliphatic heterocycles. The maximum atomic E-state index is 13.5. The summed E-state index contributed by atoms with van der Waals surface area (Å²) in [7, 11) is 0. The van der Waals surface area contributed by atoms with Gasteiger partial charge in [0.2, 0.25) is 0 Å². The van der Waals surface area contributed by atoms with E-state index in [9.17, 15) is 13.6 Å². The third-order valence-electron chi connectivity index (χ3n) is 2.37. The Morgan fingerprint density at radius 3 is 2.37 bits per heavy atom. The molecule has 0 unspecified atom stereocenters. The molecule has 0 spiro atoms. The van der Waals surface area contributed by atoms with Crippen LogP contribution in [0.2, 0.25) is 5.02 Å². The van der Waals surface area contributed by atoms with E-state index >= 15 is 0 Å². The van der Waals surface area contributed by atoms with Crippen LogP contribution in [0.5, 0.6) is 5.75 Å². The Morgan fingerprint density at radius 2 is 1.79 bits per heavy atom. The second-order valence-electron chi connectivity index (χ2n) is 3.75. The Kier molecular flexibility index (Phi) is 3.66. The highest BCUT2D eigenvalue weighted by Gasteiger charge is 2.14. The van der Waals surface area contributed by atoms with Crippen molar-refractivity contribution in [2.75, 3.05) is 5.32 Å². The minimum atomic E-state index is -0.961. The van der Waals surface area contributed by atoms with Gasteiger partial charge in [-0.1, -0.05) is 11.6 Å². The van der Waals surface area contributed by atoms with Crippen LogP contribution in [0.1, 0.15) is 10.4 Å². The van der Waals surface area contributed by atoms with Crippen LogP contribution in [-0.2, 0) is 0 Å². The number of nitrogens with one attached hydrogen (secondary N) is 1. The molecule has 6 heteroatoms. The number of hydrogen-bond donors (Lipinski definition) is 2. The molecule has 98 valence electrons. The lowest BCUT2D eigenvalue weighted by molar-refractivity contribution is 0.102. The van der Waals surface area contributed by atoms with E-state index in [0.717, 1.165) is 6.07 Å². The van der Waals surface area contributed by atoms with Crippen molar-refractivity contribution in [3.8, 4) is 5.75 Å². The fraction of sp³-hybridized carbons (Fsp3) is 0. The fourth-order valence-electron chi connectivity index (χ4n) is 1.46. The first-order valence-corrected chi connectivity index (χ1v) is 5.60. The van der Waals surface area contributed by atoms with E-state index in [-0.39, 0.29) is 22.0 Å². The van der Waals surface area contributed by atoms with Crippen LogP contribution in [0.25, 0.3) is 0 Å². The molecule has 0 radical (unpaired) electrons. The van der Waals surface area contributed by atoms with Gasteiger partial charge in [-0.15, -0.1) is 0 Å². The topological polar surface area (TPSA) is 49.3 Å². The smallest absolute Gasteiger partial charge is 0.255 e. The minimum Gasteiger partial charge on any atom is -0.508 e. The summed E-state index contributed by atoms with van der Waals surface area (Å²) in [6.07, 6.45) is 0. The van der Waals surface area contributed by atoms with Crippen LogP contribution < -0.4 is 5.32 Å². The molecule has 2 N–H and O–H groups in total. The van der Waals surface area contributed by atoms with Crippen LogP contribution in [0.4, 0.5) is 14.5 Å². The van der Waals surface area contributed by atoms with Gasteiger partial charge in [0.15, 0.2) is 5.82 Å². The third kappa shape index (κ3) is 3.00. The van der Waals surface area contributed by atoms with Crippen LogP contribution in [-0.4, -0.2) is 11.0 Å². The van der Waals surface area contributed by atoms with E-state index in [1.807, 2.05) is 0 Å². The average Bonchev–Trinajstić information content (AvgIpc) is 2.34. The van der Waals surface area contributed by atoms with E-state index in [1.165, 1.54) is 24.3 Å². The summed E-state index contributed by atoms with van der Waals surface area (Å²) in [5.74, 6) is -2.41. The van der Waals surface area contributed by atoms with E-state index in [1.54, 1.807) is 0 Å². The van der Waals surface area contributed by atoms with Crippen molar-refractivity contribution in [3.63, 3.8) is 0 Å². The molecule has 3 nitrogen and oxygen atoms in total. The Balaban J connectivity index is 2.26. The van der Waals surface area contributed by atoms with Gasteiger partial charge in [0.05, 0.1) is 10.7 Å². The molecule has 0 heterocycles. The number of rotatable bonds is 2. The highest BCUT2D eigenvalue weighted by atomic mass is 35.5. The Morgan fingerprint density at radius 1 is 1.16 bits per heavy atom. The number of amides is 1. The second-order valence-corrected chi connectivity index (χ2v) is 4.15. The first kappa shape index (κ1) is 13.3. The third-order valence-corrected chi connectivity index (χ3v) is 2.67. The van der Waals surface area contributed by atoms with Gasteiger partial charge in [-0.25, -0.2) is 8.78 Å². The van der Waals surface area contributed by atoms with Gasteiger partial charge < -0.3 is 10.4 Å². The number of carbonyl (C=O) groups is 1. The molecule has 0 aliphatic rings. The van der Waals surface area contributed by atoms with Gasteiger partial charge in [-0.05, 0) is 30.3 Å². The quantitative estimate of drug-likeness (QED) is 0.885. The normalized spacial score (nSPS) is 10.3. The van der Waals surface area contributed by atoms with Crippen molar-refractivity contribution in [1.82, 2.24) is 0 Å². The summed E-state index contributed by atoms with van der Waals surface area (Å²) in [6, 6.07) is 6.88. The maximum Gasteiger partial charge on any atom is 0.255 e. The summed E-state index contributed by atoms with van der Waals surface area (Å²) < 4.78 is 26.3. The molecule has 0 atom stereocenters. The van der Waals surface area contributed by atoms with Crippen molar-refractivity contribution in [1.29, 1.82) is 0 Å². The molecular formula is C13H8ClF2NO2. The largest absolute Gasteiger partial charge is 0.508 e. The summed E-state index contributed by atoms with van der Waals surface area (Å²) in [4.78, 5) is 11.8. The SMILES string of the molecule is O=C(Nc1c(F)cc(F)cc1Cl)c1ccc(O)cc1. The van der Waals surface area contributed by atoms with Crippen molar-refractivity contribution < 1.29 is 18.7 Å². The maximum absolute atomic E-state index is 13.5. The van der Waals surface area contributed by atoms with Crippen molar-refractivity contribution in [3.05, 3.63) is 58.6 Å². The summed E-state index contributed by atoms with van der Waals surface area (Å²) in [5, 5.41) is 11.1. The van der Waals surface area contributed by atoms with Crippen LogP contribution in [0, 0.1) is 11.6 Å².